The van der Waals surface area contributed by atoms with Crippen molar-refractivity contribution in [2.45, 2.75) is 38.0 Å². The van der Waals surface area contributed by atoms with Crippen molar-refractivity contribution in [3.8, 4) is 11.8 Å². The maximum Gasteiger partial charge on any atom is 0.238 e. The molecule has 0 amide bonds. The molecular weight excluding hydrogens is 264 g/mol. The molecule has 0 aliphatic heterocycles. The van der Waals surface area contributed by atoms with Crippen molar-refractivity contribution in [3.05, 3.63) is 23.3 Å². The standard InChI is InChI=1S/C13H18N2O3S/c1-10-8-12(19(15,16)17)9-11(2)13(10)18-7-5-3-4-6-14/h8-9H,3-5,7H2,1-2H3,(H2,15,16,17). The summed E-state index contributed by atoms with van der Waals surface area (Å²) in [5.41, 5.74) is 1.48. The predicted octanol–water partition coefficient (Wildman–Crippen LogP) is 2.02. The number of rotatable bonds is 6. The van der Waals surface area contributed by atoms with Gasteiger partial charge in [0.05, 0.1) is 17.6 Å². The van der Waals surface area contributed by atoms with Gasteiger partial charge in [-0.3, -0.25) is 0 Å². The first-order valence-electron chi connectivity index (χ1n) is 6.00. The van der Waals surface area contributed by atoms with E-state index in [9.17, 15) is 8.42 Å². The largest absolute Gasteiger partial charge is 0.493 e. The summed E-state index contributed by atoms with van der Waals surface area (Å²) >= 11 is 0. The topological polar surface area (TPSA) is 93.2 Å². The molecule has 0 unspecified atom stereocenters. The summed E-state index contributed by atoms with van der Waals surface area (Å²) in [6.07, 6.45) is 2.11. The van der Waals surface area contributed by atoms with Crippen molar-refractivity contribution in [3.63, 3.8) is 0 Å². The first kappa shape index (κ1) is 15.5. The van der Waals surface area contributed by atoms with Gasteiger partial charge in [-0.2, -0.15) is 5.26 Å². The Bertz CT molecular complexity index is 565. The van der Waals surface area contributed by atoms with E-state index >= 15 is 0 Å². The summed E-state index contributed by atoms with van der Waals surface area (Å²) in [4.78, 5) is 0.0966. The quantitative estimate of drug-likeness (QED) is 0.808. The number of nitrogens with two attached hydrogens (primary N) is 1. The summed E-state index contributed by atoms with van der Waals surface area (Å²) in [5.74, 6) is 0.685. The van der Waals surface area contributed by atoms with Crippen molar-refractivity contribution in [2.75, 3.05) is 6.61 Å². The Morgan fingerprint density at radius 2 is 1.84 bits per heavy atom. The first-order valence-corrected chi connectivity index (χ1v) is 7.54. The zero-order valence-electron chi connectivity index (χ0n) is 11.1. The monoisotopic (exact) mass is 282 g/mol. The second-order valence-corrected chi connectivity index (χ2v) is 5.96. The fraction of sp³-hybridized carbons (Fsp3) is 0.462. The molecule has 0 atom stereocenters. The highest BCUT2D eigenvalue weighted by molar-refractivity contribution is 7.89. The number of nitrogens with zero attached hydrogens (tertiary/aromatic N) is 1. The van der Waals surface area contributed by atoms with E-state index in [2.05, 4.69) is 6.07 Å². The van der Waals surface area contributed by atoms with Crippen LogP contribution in [-0.2, 0) is 10.0 Å². The van der Waals surface area contributed by atoms with Gasteiger partial charge in [0, 0.05) is 6.42 Å². The minimum atomic E-state index is -3.69. The number of hydrogen-bond acceptors (Lipinski definition) is 4. The number of aryl methyl sites for hydroxylation is 2. The summed E-state index contributed by atoms with van der Waals surface area (Å²) in [6, 6.07) is 5.09. The number of ether oxygens (including phenoxy) is 1. The molecule has 0 spiro atoms. The Kier molecular flexibility index (Phi) is 5.33. The van der Waals surface area contributed by atoms with E-state index in [-0.39, 0.29) is 4.90 Å². The number of sulfonamides is 1. The fourth-order valence-electron chi connectivity index (χ4n) is 1.78. The van der Waals surface area contributed by atoms with Crippen LogP contribution in [0.25, 0.3) is 0 Å². The van der Waals surface area contributed by atoms with Gasteiger partial charge >= 0.3 is 0 Å². The Balaban J connectivity index is 2.79. The molecule has 0 saturated carbocycles. The number of unbranched alkanes of at least 4 members (excludes halogenated alkanes) is 2. The van der Waals surface area contributed by atoms with Crippen LogP contribution in [0.5, 0.6) is 5.75 Å². The maximum absolute atomic E-state index is 11.3. The average molecular weight is 282 g/mol. The molecule has 5 nitrogen and oxygen atoms in total. The molecule has 0 aromatic heterocycles. The van der Waals surface area contributed by atoms with Gasteiger partial charge in [0.2, 0.25) is 10.0 Å². The minimum absolute atomic E-state index is 0.0966. The van der Waals surface area contributed by atoms with Crippen LogP contribution >= 0.6 is 0 Å². The summed E-state index contributed by atoms with van der Waals surface area (Å²) in [7, 11) is -3.69. The molecule has 0 radical (unpaired) electrons. The predicted molar refractivity (Wildman–Crippen MR) is 72.2 cm³/mol. The van der Waals surface area contributed by atoms with E-state index in [1.165, 1.54) is 12.1 Å². The van der Waals surface area contributed by atoms with Crippen molar-refractivity contribution >= 4 is 10.0 Å². The van der Waals surface area contributed by atoms with Gasteiger partial charge in [-0.05, 0) is 49.9 Å². The van der Waals surface area contributed by atoms with Crippen LogP contribution in [-0.4, -0.2) is 15.0 Å². The molecule has 1 aromatic rings. The van der Waals surface area contributed by atoms with Crippen LogP contribution in [0, 0.1) is 25.2 Å². The highest BCUT2D eigenvalue weighted by atomic mass is 32.2. The molecule has 0 bridgehead atoms. The molecule has 0 aliphatic carbocycles. The van der Waals surface area contributed by atoms with Crippen LogP contribution in [0.2, 0.25) is 0 Å². The SMILES string of the molecule is Cc1cc(S(N)(=O)=O)cc(C)c1OCCCCC#N. The third-order valence-electron chi connectivity index (χ3n) is 2.69. The lowest BCUT2D eigenvalue weighted by molar-refractivity contribution is 0.303. The number of primary sulfonamides is 1. The zero-order chi connectivity index (χ0) is 14.5. The normalized spacial score (nSPS) is 11.1. The van der Waals surface area contributed by atoms with E-state index in [0.717, 1.165) is 24.0 Å². The Hall–Kier alpha value is -1.58. The average Bonchev–Trinajstić information content (AvgIpc) is 2.30. The van der Waals surface area contributed by atoms with Gasteiger partial charge in [-0.25, -0.2) is 13.6 Å². The fourth-order valence-corrected chi connectivity index (χ4v) is 2.46. The van der Waals surface area contributed by atoms with Gasteiger partial charge in [0.25, 0.3) is 0 Å². The lowest BCUT2D eigenvalue weighted by atomic mass is 10.1. The third-order valence-corrected chi connectivity index (χ3v) is 3.58. The molecule has 0 saturated heterocycles. The van der Waals surface area contributed by atoms with Crippen LogP contribution in [0.3, 0.4) is 0 Å². The number of benzene rings is 1. The van der Waals surface area contributed by atoms with Crippen molar-refractivity contribution < 1.29 is 13.2 Å². The Labute approximate surface area is 114 Å². The van der Waals surface area contributed by atoms with Gasteiger partial charge in [-0.1, -0.05) is 0 Å². The second-order valence-electron chi connectivity index (χ2n) is 4.39. The zero-order valence-corrected chi connectivity index (χ0v) is 12.0. The molecular formula is C13H18N2O3S. The summed E-state index contributed by atoms with van der Waals surface area (Å²) < 4.78 is 28.2. The lowest BCUT2D eigenvalue weighted by Gasteiger charge is -2.13. The molecule has 6 heteroatoms. The molecule has 2 N–H and O–H groups in total. The highest BCUT2D eigenvalue weighted by Crippen LogP contribution is 2.26. The van der Waals surface area contributed by atoms with Crippen molar-refractivity contribution in [2.24, 2.45) is 5.14 Å². The van der Waals surface area contributed by atoms with E-state index in [0.29, 0.717) is 18.8 Å². The van der Waals surface area contributed by atoms with Crippen LogP contribution in [0.15, 0.2) is 17.0 Å². The second kappa shape index (κ2) is 6.55. The molecule has 0 fully saturated rings. The van der Waals surface area contributed by atoms with Crippen molar-refractivity contribution in [1.29, 1.82) is 5.26 Å². The molecule has 1 rings (SSSR count). The van der Waals surface area contributed by atoms with Gasteiger partial charge in [0.15, 0.2) is 0 Å². The van der Waals surface area contributed by atoms with E-state index in [1.807, 2.05) is 0 Å². The molecule has 1 aromatic carbocycles. The van der Waals surface area contributed by atoms with Gasteiger partial charge in [-0.15, -0.1) is 0 Å². The number of nitriles is 1. The molecule has 0 aliphatic rings. The van der Waals surface area contributed by atoms with Crippen LogP contribution < -0.4 is 9.88 Å². The minimum Gasteiger partial charge on any atom is -0.493 e. The molecule has 104 valence electrons. The maximum atomic E-state index is 11.3. The third kappa shape index (κ3) is 4.54. The smallest absolute Gasteiger partial charge is 0.238 e. The van der Waals surface area contributed by atoms with Gasteiger partial charge in [0.1, 0.15) is 5.75 Å². The molecule has 0 heterocycles. The van der Waals surface area contributed by atoms with E-state index < -0.39 is 10.0 Å². The Morgan fingerprint density at radius 1 is 1.26 bits per heavy atom. The van der Waals surface area contributed by atoms with Gasteiger partial charge < -0.3 is 4.74 Å². The van der Waals surface area contributed by atoms with Crippen LogP contribution in [0.4, 0.5) is 0 Å². The highest BCUT2D eigenvalue weighted by Gasteiger charge is 2.13. The Morgan fingerprint density at radius 3 is 2.32 bits per heavy atom. The summed E-state index contributed by atoms with van der Waals surface area (Å²) in [5, 5.41) is 13.5. The van der Waals surface area contributed by atoms with E-state index in [4.69, 9.17) is 15.1 Å². The summed E-state index contributed by atoms with van der Waals surface area (Å²) in [6.45, 7) is 4.08. The first-order chi connectivity index (χ1) is 8.86. The van der Waals surface area contributed by atoms with Crippen molar-refractivity contribution in [1.82, 2.24) is 0 Å². The number of hydrogen-bond donors (Lipinski definition) is 1. The van der Waals surface area contributed by atoms with E-state index in [1.54, 1.807) is 13.8 Å². The molecule has 19 heavy (non-hydrogen) atoms. The lowest BCUT2D eigenvalue weighted by Crippen LogP contribution is -2.13. The van der Waals surface area contributed by atoms with Crippen LogP contribution in [0.1, 0.15) is 30.4 Å².